The first-order valence-electron chi connectivity index (χ1n) is 5.34. The number of rotatable bonds is 10. The van der Waals surface area contributed by atoms with E-state index in [4.69, 9.17) is 10.2 Å². The van der Waals surface area contributed by atoms with Gasteiger partial charge in [-0.2, -0.15) is 0 Å². The monoisotopic (exact) mass is 278 g/mol. The van der Waals surface area contributed by atoms with Crippen LogP contribution in [0.25, 0.3) is 0 Å². The highest BCUT2D eigenvalue weighted by atomic mass is 16.9. The number of aliphatic carboxylic acids is 2. The molecular formula is C9H14N2O8. The number of hydrogen-bond donors (Lipinski definition) is 3. The van der Waals surface area contributed by atoms with Gasteiger partial charge >= 0.3 is 11.9 Å². The summed E-state index contributed by atoms with van der Waals surface area (Å²) in [6, 6.07) is -1.29. The summed E-state index contributed by atoms with van der Waals surface area (Å²) in [6.07, 6.45) is -0.716. The van der Waals surface area contributed by atoms with E-state index in [1.54, 1.807) is 0 Å². The summed E-state index contributed by atoms with van der Waals surface area (Å²) < 4.78 is 0. The normalized spacial score (nSPS) is 11.4. The Kier molecular flexibility index (Phi) is 7.57. The van der Waals surface area contributed by atoms with E-state index in [1.807, 2.05) is 0 Å². The number of carbonyl (C=O) groups excluding carboxylic acids is 1. The molecule has 108 valence electrons. The van der Waals surface area contributed by atoms with Crippen LogP contribution in [-0.4, -0.2) is 45.8 Å². The minimum absolute atomic E-state index is 0.0537. The van der Waals surface area contributed by atoms with Crippen LogP contribution in [0.5, 0.6) is 0 Å². The fourth-order valence-electron chi connectivity index (χ4n) is 1.16. The third kappa shape index (κ3) is 9.32. The van der Waals surface area contributed by atoms with Crippen molar-refractivity contribution in [1.82, 2.24) is 5.32 Å². The number of carbonyl (C=O) groups is 3. The van der Waals surface area contributed by atoms with Gasteiger partial charge < -0.3 is 20.4 Å². The van der Waals surface area contributed by atoms with Crippen molar-refractivity contribution < 1.29 is 34.5 Å². The van der Waals surface area contributed by atoms with Crippen LogP contribution < -0.4 is 5.32 Å². The van der Waals surface area contributed by atoms with Gasteiger partial charge in [0.15, 0.2) is 0 Å². The molecule has 1 amide bonds. The molecule has 0 aliphatic carbocycles. The van der Waals surface area contributed by atoms with Crippen molar-refractivity contribution in [3.05, 3.63) is 10.1 Å². The molecule has 0 spiro atoms. The predicted octanol–water partition coefficient (Wildman–Crippen LogP) is -0.591. The van der Waals surface area contributed by atoms with E-state index in [1.165, 1.54) is 0 Å². The van der Waals surface area contributed by atoms with E-state index in [2.05, 4.69) is 10.2 Å². The third-order valence-corrected chi connectivity index (χ3v) is 2.03. The SMILES string of the molecule is O=C(O)CCC(NC(=O)CCCO[N+](=O)[O-])C(=O)O. The Hall–Kier alpha value is -2.39. The zero-order chi connectivity index (χ0) is 14.8. The van der Waals surface area contributed by atoms with Crippen LogP contribution in [-0.2, 0) is 19.2 Å². The molecule has 0 radical (unpaired) electrons. The summed E-state index contributed by atoms with van der Waals surface area (Å²) in [5.41, 5.74) is 0. The number of carboxylic acid groups (broad SMARTS) is 2. The Morgan fingerprint density at radius 1 is 1.26 bits per heavy atom. The minimum Gasteiger partial charge on any atom is -0.481 e. The van der Waals surface area contributed by atoms with Crippen LogP contribution in [0.1, 0.15) is 25.7 Å². The largest absolute Gasteiger partial charge is 0.481 e. The maximum atomic E-state index is 11.3. The summed E-state index contributed by atoms with van der Waals surface area (Å²) in [4.78, 5) is 46.1. The highest BCUT2D eigenvalue weighted by Gasteiger charge is 2.20. The Morgan fingerprint density at radius 2 is 1.89 bits per heavy atom. The van der Waals surface area contributed by atoms with Crippen LogP contribution in [0.3, 0.4) is 0 Å². The minimum atomic E-state index is -1.34. The van der Waals surface area contributed by atoms with Crippen molar-refractivity contribution in [2.45, 2.75) is 31.7 Å². The molecule has 10 nitrogen and oxygen atoms in total. The van der Waals surface area contributed by atoms with Gasteiger partial charge in [0.05, 0.1) is 6.61 Å². The van der Waals surface area contributed by atoms with Crippen molar-refractivity contribution in [1.29, 1.82) is 0 Å². The van der Waals surface area contributed by atoms with Crippen LogP contribution in [0.4, 0.5) is 0 Å². The zero-order valence-electron chi connectivity index (χ0n) is 9.90. The van der Waals surface area contributed by atoms with E-state index in [9.17, 15) is 24.5 Å². The van der Waals surface area contributed by atoms with Gasteiger partial charge in [-0.15, -0.1) is 10.1 Å². The Morgan fingerprint density at radius 3 is 2.37 bits per heavy atom. The molecule has 0 aromatic heterocycles. The molecule has 10 heteroatoms. The van der Waals surface area contributed by atoms with E-state index >= 15 is 0 Å². The molecule has 1 atom stereocenters. The fourth-order valence-corrected chi connectivity index (χ4v) is 1.16. The first kappa shape index (κ1) is 16.6. The number of carboxylic acids is 2. The van der Waals surface area contributed by atoms with Crippen molar-refractivity contribution in [2.75, 3.05) is 6.61 Å². The molecule has 0 aromatic carbocycles. The standard InChI is InChI=1S/C9H14N2O8/c12-7(2-1-5-19-11(17)18)10-6(9(15)16)3-4-8(13)14/h6H,1-5H2,(H,10,12)(H,13,14)(H,15,16). The van der Waals surface area contributed by atoms with Crippen molar-refractivity contribution >= 4 is 17.8 Å². The number of hydrogen-bond acceptors (Lipinski definition) is 6. The van der Waals surface area contributed by atoms with Crippen molar-refractivity contribution in [3.63, 3.8) is 0 Å². The lowest BCUT2D eigenvalue weighted by Crippen LogP contribution is -2.41. The van der Waals surface area contributed by atoms with E-state index in [0.29, 0.717) is 0 Å². The molecule has 3 N–H and O–H groups in total. The molecular weight excluding hydrogens is 264 g/mol. The average Bonchev–Trinajstić information content (AvgIpc) is 2.29. The van der Waals surface area contributed by atoms with Crippen LogP contribution in [0, 0.1) is 10.1 Å². The highest BCUT2D eigenvalue weighted by Crippen LogP contribution is 2.00. The van der Waals surface area contributed by atoms with Crippen LogP contribution in [0.2, 0.25) is 0 Å². The van der Waals surface area contributed by atoms with Crippen LogP contribution in [0.15, 0.2) is 0 Å². The lowest BCUT2D eigenvalue weighted by atomic mass is 10.1. The Balaban J connectivity index is 3.99. The quantitative estimate of drug-likeness (QED) is 0.272. The first-order valence-corrected chi connectivity index (χ1v) is 5.34. The summed E-state index contributed by atoms with van der Waals surface area (Å²) in [5, 5.41) is 28.1. The maximum absolute atomic E-state index is 11.3. The summed E-state index contributed by atoms with van der Waals surface area (Å²) >= 11 is 0. The number of amides is 1. The summed E-state index contributed by atoms with van der Waals surface area (Å²) in [6.45, 7) is -0.271. The molecule has 0 saturated heterocycles. The lowest BCUT2D eigenvalue weighted by Gasteiger charge is -2.13. The maximum Gasteiger partial charge on any atom is 0.326 e. The smallest absolute Gasteiger partial charge is 0.326 e. The van der Waals surface area contributed by atoms with Gasteiger partial charge in [0.2, 0.25) is 5.91 Å². The third-order valence-electron chi connectivity index (χ3n) is 2.03. The van der Waals surface area contributed by atoms with Gasteiger partial charge in [0.1, 0.15) is 6.04 Å². The van der Waals surface area contributed by atoms with E-state index in [-0.39, 0.29) is 32.3 Å². The number of nitrogens with one attached hydrogen (secondary N) is 1. The predicted molar refractivity (Wildman–Crippen MR) is 58.6 cm³/mol. The molecule has 0 aliphatic heterocycles. The topological polar surface area (TPSA) is 156 Å². The van der Waals surface area contributed by atoms with Crippen molar-refractivity contribution in [3.8, 4) is 0 Å². The molecule has 0 heterocycles. The average molecular weight is 278 g/mol. The molecule has 0 aromatic rings. The van der Waals surface area contributed by atoms with Gasteiger partial charge in [-0.05, 0) is 12.8 Å². The molecule has 0 aliphatic rings. The molecule has 0 saturated carbocycles. The first-order chi connectivity index (χ1) is 8.82. The molecule has 0 fully saturated rings. The van der Waals surface area contributed by atoms with E-state index < -0.39 is 29.0 Å². The fraction of sp³-hybridized carbons (Fsp3) is 0.667. The van der Waals surface area contributed by atoms with Crippen molar-refractivity contribution in [2.24, 2.45) is 0 Å². The van der Waals surface area contributed by atoms with Gasteiger partial charge in [-0.25, -0.2) is 4.79 Å². The number of nitrogens with zero attached hydrogens (tertiary/aromatic N) is 1. The molecule has 19 heavy (non-hydrogen) atoms. The molecule has 0 bridgehead atoms. The molecule has 1 unspecified atom stereocenters. The van der Waals surface area contributed by atoms with E-state index in [0.717, 1.165) is 0 Å². The summed E-state index contributed by atoms with van der Waals surface area (Å²) in [7, 11) is 0. The zero-order valence-corrected chi connectivity index (χ0v) is 9.90. The summed E-state index contributed by atoms with van der Waals surface area (Å²) in [5.74, 6) is -3.14. The lowest BCUT2D eigenvalue weighted by molar-refractivity contribution is -0.757. The van der Waals surface area contributed by atoms with Gasteiger partial charge in [-0.1, -0.05) is 0 Å². The second kappa shape index (κ2) is 8.66. The van der Waals surface area contributed by atoms with Gasteiger partial charge in [0, 0.05) is 12.8 Å². The second-order valence-corrected chi connectivity index (χ2v) is 3.55. The Labute approximate surface area is 107 Å². The van der Waals surface area contributed by atoms with Crippen LogP contribution >= 0.6 is 0 Å². The Bertz CT molecular complexity index is 356. The highest BCUT2D eigenvalue weighted by molar-refractivity contribution is 5.83. The molecule has 0 rings (SSSR count). The second-order valence-electron chi connectivity index (χ2n) is 3.55. The van der Waals surface area contributed by atoms with Gasteiger partial charge in [0.25, 0.3) is 5.09 Å². The van der Waals surface area contributed by atoms with Gasteiger partial charge in [-0.3, -0.25) is 9.59 Å².